The van der Waals surface area contributed by atoms with E-state index in [1.54, 1.807) is 0 Å². The van der Waals surface area contributed by atoms with Crippen molar-refractivity contribution >= 4 is 27.5 Å². The topological polar surface area (TPSA) is 115 Å². The van der Waals surface area contributed by atoms with Crippen LogP contribution in [0.1, 0.15) is 19.3 Å². The van der Waals surface area contributed by atoms with Gasteiger partial charge in [0.15, 0.2) is 0 Å². The Kier molecular flexibility index (Phi) is 6.33. The number of alkyl halides is 1. The van der Waals surface area contributed by atoms with E-state index in [1.165, 1.54) is 0 Å². The van der Waals surface area contributed by atoms with Crippen LogP contribution < -0.4 is 0 Å². The second kappa shape index (κ2) is 6.13. The molecule has 0 heterocycles. The van der Waals surface area contributed by atoms with Crippen LogP contribution in [0.5, 0.6) is 0 Å². The summed E-state index contributed by atoms with van der Waals surface area (Å²) in [6.07, 6.45) is 1.77. The molecule has 9 heteroatoms. The molecule has 0 bridgehead atoms. The third kappa shape index (κ3) is 6.85. The third-order valence-electron chi connectivity index (χ3n) is 1.82. The third-order valence-corrected chi connectivity index (χ3v) is 3.63. The molecule has 0 amide bonds. The van der Waals surface area contributed by atoms with Crippen molar-refractivity contribution in [3.8, 4) is 0 Å². The highest BCUT2D eigenvalue weighted by Gasteiger charge is 2.35. The molecule has 2 unspecified atom stereocenters. The van der Waals surface area contributed by atoms with Crippen LogP contribution >= 0.6 is 27.5 Å². The summed E-state index contributed by atoms with van der Waals surface area (Å²) in [5, 5.41) is -0.0300. The zero-order chi connectivity index (χ0) is 11.4. The van der Waals surface area contributed by atoms with Gasteiger partial charge in [-0.3, -0.25) is 4.57 Å². The van der Waals surface area contributed by atoms with E-state index in [-0.39, 0.29) is 5.38 Å². The number of halogens is 1. The SMILES string of the molecule is O=P(O)(O)C1CCC(Cl)C1.O=[P+](O)O. The lowest BCUT2D eigenvalue weighted by molar-refractivity contribution is 0.358. The lowest BCUT2D eigenvalue weighted by Crippen LogP contribution is -2.02. The highest BCUT2D eigenvalue weighted by Crippen LogP contribution is 2.49. The monoisotopic (exact) mass is 265 g/mol. The Morgan fingerprint density at radius 1 is 1.29 bits per heavy atom. The zero-order valence-electron chi connectivity index (χ0n) is 7.15. The molecule has 4 N–H and O–H groups in total. The maximum absolute atomic E-state index is 10.6. The predicted molar refractivity (Wildman–Crippen MR) is 51.4 cm³/mol. The summed E-state index contributed by atoms with van der Waals surface area (Å²) >= 11 is 5.67. The molecule has 0 aromatic rings. The van der Waals surface area contributed by atoms with Gasteiger partial charge < -0.3 is 9.79 Å². The summed E-state index contributed by atoms with van der Waals surface area (Å²) in [4.78, 5) is 31.6. The molecule has 1 saturated carbocycles. The fourth-order valence-electron chi connectivity index (χ4n) is 1.21. The molecule has 0 aliphatic heterocycles. The van der Waals surface area contributed by atoms with Gasteiger partial charge in [-0.05, 0) is 19.3 Å². The van der Waals surface area contributed by atoms with Crippen LogP contribution in [0.25, 0.3) is 0 Å². The van der Waals surface area contributed by atoms with Gasteiger partial charge in [-0.1, -0.05) is 0 Å². The predicted octanol–water partition coefficient (Wildman–Crippen LogP) is 0.952. The van der Waals surface area contributed by atoms with Gasteiger partial charge in [-0.2, -0.15) is 0 Å². The zero-order valence-corrected chi connectivity index (χ0v) is 9.70. The molecule has 2 atom stereocenters. The highest BCUT2D eigenvalue weighted by molar-refractivity contribution is 7.52. The summed E-state index contributed by atoms with van der Waals surface area (Å²) in [7, 11) is -6.71. The maximum atomic E-state index is 10.6. The molecule has 84 valence electrons. The molecule has 0 spiro atoms. The minimum absolute atomic E-state index is 0.0300. The van der Waals surface area contributed by atoms with Crippen molar-refractivity contribution in [3.63, 3.8) is 0 Å². The highest BCUT2D eigenvalue weighted by atomic mass is 35.5. The van der Waals surface area contributed by atoms with E-state index in [1.807, 2.05) is 0 Å². The standard InChI is InChI=1S/C5H10ClO3P.HO3P/c6-4-1-2-5(3-4)10(7,8)9;1-4(2)3/h4-5H,1-3H2,(H2,7,8,9);(H-,1,2,3)/p+1. The molecular weight excluding hydrogens is 253 g/mol. The van der Waals surface area contributed by atoms with E-state index in [2.05, 4.69) is 0 Å². The number of rotatable bonds is 1. The summed E-state index contributed by atoms with van der Waals surface area (Å²) in [5.74, 6) is 0. The molecule has 0 aromatic carbocycles. The quantitative estimate of drug-likeness (QED) is 0.414. The van der Waals surface area contributed by atoms with E-state index >= 15 is 0 Å². The van der Waals surface area contributed by atoms with Gasteiger partial charge in [0.05, 0.1) is 5.66 Å². The van der Waals surface area contributed by atoms with Crippen molar-refractivity contribution < 1.29 is 28.7 Å². The number of hydrogen-bond acceptors (Lipinski definition) is 2. The van der Waals surface area contributed by atoms with Gasteiger partial charge in [0, 0.05) is 9.94 Å². The minimum atomic E-state index is -3.84. The molecule has 1 aliphatic rings. The van der Waals surface area contributed by atoms with E-state index in [0.717, 1.165) is 6.42 Å². The molecule has 1 aliphatic carbocycles. The Balaban J connectivity index is 0.000000364. The Hall–Kier alpha value is 0.460. The first-order valence-corrected chi connectivity index (χ1v) is 7.06. The van der Waals surface area contributed by atoms with Gasteiger partial charge in [0.1, 0.15) is 0 Å². The van der Waals surface area contributed by atoms with Crippen LogP contribution in [-0.2, 0) is 9.13 Å². The van der Waals surface area contributed by atoms with Crippen LogP contribution in [0, 0.1) is 0 Å². The van der Waals surface area contributed by atoms with Crippen LogP contribution in [0.4, 0.5) is 0 Å². The van der Waals surface area contributed by atoms with Crippen LogP contribution in [0.2, 0.25) is 0 Å². The van der Waals surface area contributed by atoms with Crippen LogP contribution in [-0.4, -0.2) is 30.6 Å². The largest absolute Gasteiger partial charge is 0.692 e. The molecular formula is C5H12ClO6P2+. The fourth-order valence-corrected chi connectivity index (χ4v) is 2.69. The molecule has 0 radical (unpaired) electrons. The van der Waals surface area contributed by atoms with E-state index in [4.69, 9.17) is 35.7 Å². The molecule has 1 rings (SSSR count). The van der Waals surface area contributed by atoms with E-state index in [0.29, 0.717) is 12.8 Å². The lowest BCUT2D eigenvalue weighted by Gasteiger charge is -2.09. The van der Waals surface area contributed by atoms with Crippen molar-refractivity contribution in [3.05, 3.63) is 0 Å². The van der Waals surface area contributed by atoms with Crippen molar-refractivity contribution in [2.24, 2.45) is 0 Å². The first kappa shape index (κ1) is 14.5. The maximum Gasteiger partial charge on any atom is 0.692 e. The van der Waals surface area contributed by atoms with Crippen molar-refractivity contribution in [1.82, 2.24) is 0 Å². The van der Waals surface area contributed by atoms with Gasteiger partial charge in [0.2, 0.25) is 0 Å². The normalized spacial score (nSPS) is 26.6. The molecule has 0 saturated heterocycles. The van der Waals surface area contributed by atoms with Crippen LogP contribution in [0.3, 0.4) is 0 Å². The minimum Gasteiger partial charge on any atom is -0.324 e. The van der Waals surface area contributed by atoms with Crippen molar-refractivity contribution in [2.75, 3.05) is 0 Å². The Morgan fingerprint density at radius 2 is 1.71 bits per heavy atom. The van der Waals surface area contributed by atoms with Gasteiger partial charge in [0.25, 0.3) is 0 Å². The Morgan fingerprint density at radius 3 is 1.86 bits per heavy atom. The molecule has 0 aromatic heterocycles. The second-order valence-corrected chi connectivity index (χ2v) is 5.94. The van der Waals surface area contributed by atoms with Crippen LogP contribution in [0.15, 0.2) is 0 Å². The van der Waals surface area contributed by atoms with E-state index < -0.39 is 21.5 Å². The molecule has 1 fully saturated rings. The summed E-state index contributed by atoms with van der Waals surface area (Å²) in [6.45, 7) is 0. The summed E-state index contributed by atoms with van der Waals surface area (Å²) in [6, 6.07) is 0. The van der Waals surface area contributed by atoms with Gasteiger partial charge in [-0.15, -0.1) is 21.4 Å². The Bertz CT molecular complexity index is 236. The average molecular weight is 266 g/mol. The average Bonchev–Trinajstić information content (AvgIpc) is 2.32. The van der Waals surface area contributed by atoms with Crippen molar-refractivity contribution in [2.45, 2.75) is 30.3 Å². The first-order valence-electron chi connectivity index (χ1n) is 3.77. The number of hydrogen-bond donors (Lipinski definition) is 4. The summed E-state index contributed by atoms with van der Waals surface area (Å²) < 4.78 is 19.3. The smallest absolute Gasteiger partial charge is 0.324 e. The van der Waals surface area contributed by atoms with Crippen molar-refractivity contribution in [1.29, 1.82) is 0 Å². The molecule has 6 nitrogen and oxygen atoms in total. The fraction of sp³-hybridized carbons (Fsp3) is 1.00. The lowest BCUT2D eigenvalue weighted by atomic mass is 10.4. The van der Waals surface area contributed by atoms with E-state index in [9.17, 15) is 4.57 Å². The Labute approximate surface area is 87.0 Å². The van der Waals surface area contributed by atoms with Gasteiger partial charge >= 0.3 is 15.9 Å². The summed E-state index contributed by atoms with van der Waals surface area (Å²) in [5.41, 5.74) is -0.477. The first-order chi connectivity index (χ1) is 6.23. The molecule has 14 heavy (non-hydrogen) atoms. The second-order valence-electron chi connectivity index (χ2n) is 2.91. The van der Waals surface area contributed by atoms with Gasteiger partial charge in [-0.25, -0.2) is 0 Å².